The molecular weight excluding hydrogens is 148 g/mol. The number of hydrogen-bond donors (Lipinski definition) is 1. The zero-order valence-corrected chi connectivity index (χ0v) is 7.75. The van der Waals surface area contributed by atoms with Gasteiger partial charge >= 0.3 is 0 Å². The number of para-hydroxylation sites is 1. The number of rotatable bonds is 4. The van der Waals surface area contributed by atoms with E-state index in [0.29, 0.717) is 0 Å². The van der Waals surface area contributed by atoms with Crippen LogP contribution in [0.3, 0.4) is 0 Å². The number of hydrogen-bond acceptors (Lipinski definition) is 2. The Labute approximate surface area is 74.2 Å². The summed E-state index contributed by atoms with van der Waals surface area (Å²) < 4.78 is 0. The maximum absolute atomic E-state index is 3.14. The van der Waals surface area contributed by atoms with Crippen molar-refractivity contribution in [3.63, 3.8) is 0 Å². The molecule has 1 aromatic carbocycles. The molecule has 66 valence electrons. The van der Waals surface area contributed by atoms with Crippen molar-refractivity contribution in [1.29, 1.82) is 0 Å². The molecule has 0 unspecified atom stereocenters. The van der Waals surface area contributed by atoms with E-state index >= 15 is 0 Å². The summed E-state index contributed by atoms with van der Waals surface area (Å²) in [7, 11) is 1.96. The van der Waals surface area contributed by atoms with Gasteiger partial charge in [-0.15, -0.1) is 0 Å². The van der Waals surface area contributed by atoms with Crippen molar-refractivity contribution >= 4 is 5.69 Å². The molecule has 2 nitrogen and oxygen atoms in total. The van der Waals surface area contributed by atoms with Crippen molar-refractivity contribution in [3.05, 3.63) is 30.3 Å². The van der Waals surface area contributed by atoms with Crippen LogP contribution in [-0.2, 0) is 0 Å². The van der Waals surface area contributed by atoms with Crippen molar-refractivity contribution in [2.24, 2.45) is 0 Å². The molecule has 0 aliphatic rings. The van der Waals surface area contributed by atoms with E-state index in [2.05, 4.69) is 41.4 Å². The maximum atomic E-state index is 3.14. The lowest BCUT2D eigenvalue weighted by atomic mass is 10.3. The van der Waals surface area contributed by atoms with Gasteiger partial charge in [-0.25, -0.2) is 0 Å². The summed E-state index contributed by atoms with van der Waals surface area (Å²) in [5.41, 5.74) is 1.27. The molecule has 0 spiro atoms. The van der Waals surface area contributed by atoms with Crippen molar-refractivity contribution in [1.82, 2.24) is 5.32 Å². The Morgan fingerprint density at radius 3 is 2.42 bits per heavy atom. The maximum Gasteiger partial charge on any atom is 0.0679 e. The summed E-state index contributed by atoms with van der Waals surface area (Å²) in [6, 6.07) is 10.4. The van der Waals surface area contributed by atoms with E-state index in [-0.39, 0.29) is 0 Å². The second-order valence-corrected chi connectivity index (χ2v) is 2.70. The van der Waals surface area contributed by atoms with Gasteiger partial charge in [0, 0.05) is 12.2 Å². The van der Waals surface area contributed by atoms with E-state index in [1.54, 1.807) is 0 Å². The van der Waals surface area contributed by atoms with Crippen molar-refractivity contribution in [2.75, 3.05) is 25.2 Å². The average Bonchev–Trinajstić information content (AvgIpc) is 2.15. The third-order valence-corrected chi connectivity index (χ3v) is 1.85. The summed E-state index contributed by atoms with van der Waals surface area (Å²) in [5.74, 6) is 0. The molecule has 0 aliphatic heterocycles. The first-order valence-corrected chi connectivity index (χ1v) is 4.33. The van der Waals surface area contributed by atoms with E-state index in [9.17, 15) is 0 Å². The molecule has 0 saturated carbocycles. The second-order valence-electron chi connectivity index (χ2n) is 2.70. The minimum absolute atomic E-state index is 0.903. The summed E-state index contributed by atoms with van der Waals surface area (Å²) in [5, 5.41) is 3.14. The minimum Gasteiger partial charge on any atom is -0.359 e. The molecule has 1 aromatic rings. The van der Waals surface area contributed by atoms with Crippen LogP contribution in [0.5, 0.6) is 0 Å². The van der Waals surface area contributed by atoms with Crippen molar-refractivity contribution in [3.8, 4) is 0 Å². The lowest BCUT2D eigenvalue weighted by Crippen LogP contribution is -2.31. The first-order chi connectivity index (χ1) is 5.88. The molecule has 0 heterocycles. The van der Waals surface area contributed by atoms with E-state index in [0.717, 1.165) is 13.2 Å². The predicted molar refractivity (Wildman–Crippen MR) is 53.4 cm³/mol. The quantitative estimate of drug-likeness (QED) is 0.681. The number of nitrogens with zero attached hydrogens (tertiary/aromatic N) is 1. The summed E-state index contributed by atoms with van der Waals surface area (Å²) in [4.78, 5) is 2.28. The zero-order valence-electron chi connectivity index (χ0n) is 7.75. The van der Waals surface area contributed by atoms with E-state index in [4.69, 9.17) is 0 Å². The van der Waals surface area contributed by atoms with Gasteiger partial charge in [0.05, 0.1) is 6.67 Å². The van der Waals surface area contributed by atoms with Gasteiger partial charge in [-0.1, -0.05) is 18.2 Å². The number of benzene rings is 1. The zero-order chi connectivity index (χ0) is 8.81. The van der Waals surface area contributed by atoms with Crippen molar-refractivity contribution in [2.45, 2.75) is 6.92 Å². The van der Waals surface area contributed by atoms with Gasteiger partial charge in [0.1, 0.15) is 0 Å². The molecule has 2 heteroatoms. The third kappa shape index (κ3) is 2.24. The SMILES string of the molecule is CCN(CNC)c1ccccc1. The first-order valence-electron chi connectivity index (χ1n) is 4.33. The van der Waals surface area contributed by atoms with Crippen LogP contribution in [0, 0.1) is 0 Å². The van der Waals surface area contributed by atoms with Gasteiger partial charge < -0.3 is 10.2 Å². The molecule has 0 amide bonds. The molecular formula is C10H16N2. The van der Waals surface area contributed by atoms with Crippen LogP contribution >= 0.6 is 0 Å². The van der Waals surface area contributed by atoms with Crippen LogP contribution in [0.1, 0.15) is 6.92 Å². The predicted octanol–water partition coefficient (Wildman–Crippen LogP) is 1.69. The van der Waals surface area contributed by atoms with Gasteiger partial charge in [-0.2, -0.15) is 0 Å². The second kappa shape index (κ2) is 4.78. The molecule has 0 aliphatic carbocycles. The molecule has 0 bridgehead atoms. The fourth-order valence-electron chi connectivity index (χ4n) is 1.22. The highest BCUT2D eigenvalue weighted by molar-refractivity contribution is 5.45. The molecule has 1 N–H and O–H groups in total. The van der Waals surface area contributed by atoms with Crippen LogP contribution in [0.4, 0.5) is 5.69 Å². The van der Waals surface area contributed by atoms with Crippen LogP contribution in [-0.4, -0.2) is 20.3 Å². The average molecular weight is 164 g/mol. The number of anilines is 1. The number of nitrogens with one attached hydrogen (secondary N) is 1. The van der Waals surface area contributed by atoms with Crippen LogP contribution < -0.4 is 10.2 Å². The Morgan fingerprint density at radius 1 is 1.25 bits per heavy atom. The lowest BCUT2D eigenvalue weighted by Gasteiger charge is -2.22. The molecule has 1 rings (SSSR count). The third-order valence-electron chi connectivity index (χ3n) is 1.85. The summed E-state index contributed by atoms with van der Waals surface area (Å²) >= 11 is 0. The largest absolute Gasteiger partial charge is 0.359 e. The van der Waals surface area contributed by atoms with E-state index in [1.165, 1.54) is 5.69 Å². The fraction of sp³-hybridized carbons (Fsp3) is 0.400. The monoisotopic (exact) mass is 164 g/mol. The summed E-state index contributed by atoms with van der Waals surface area (Å²) in [6.45, 7) is 4.09. The molecule has 12 heavy (non-hydrogen) atoms. The molecule has 0 saturated heterocycles. The first kappa shape index (κ1) is 9.07. The Bertz CT molecular complexity index is 208. The lowest BCUT2D eigenvalue weighted by molar-refractivity contribution is 0.733. The minimum atomic E-state index is 0.903. The summed E-state index contributed by atoms with van der Waals surface area (Å²) in [6.07, 6.45) is 0. The Hall–Kier alpha value is -1.02. The highest BCUT2D eigenvalue weighted by Crippen LogP contribution is 2.10. The van der Waals surface area contributed by atoms with Gasteiger partial charge in [-0.05, 0) is 26.1 Å². The molecule has 0 fully saturated rings. The van der Waals surface area contributed by atoms with Gasteiger partial charge in [0.25, 0.3) is 0 Å². The van der Waals surface area contributed by atoms with Crippen molar-refractivity contribution < 1.29 is 0 Å². The molecule has 0 atom stereocenters. The topological polar surface area (TPSA) is 15.3 Å². The van der Waals surface area contributed by atoms with Crippen LogP contribution in [0.15, 0.2) is 30.3 Å². The fourth-order valence-corrected chi connectivity index (χ4v) is 1.22. The molecule has 0 aromatic heterocycles. The normalized spacial score (nSPS) is 9.83. The molecule has 0 radical (unpaired) electrons. The van der Waals surface area contributed by atoms with Gasteiger partial charge in [0.15, 0.2) is 0 Å². The van der Waals surface area contributed by atoms with Gasteiger partial charge in [-0.3, -0.25) is 0 Å². The standard InChI is InChI=1S/C10H16N2/c1-3-12(9-11-2)10-7-5-4-6-8-10/h4-8,11H,3,9H2,1-2H3. The van der Waals surface area contributed by atoms with Crippen LogP contribution in [0.2, 0.25) is 0 Å². The van der Waals surface area contributed by atoms with E-state index < -0.39 is 0 Å². The highest BCUT2D eigenvalue weighted by atomic mass is 15.2. The van der Waals surface area contributed by atoms with Gasteiger partial charge in [0.2, 0.25) is 0 Å². The Kier molecular flexibility index (Phi) is 3.61. The Balaban J connectivity index is 2.66. The Morgan fingerprint density at radius 2 is 1.92 bits per heavy atom. The van der Waals surface area contributed by atoms with Crippen LogP contribution in [0.25, 0.3) is 0 Å². The van der Waals surface area contributed by atoms with E-state index in [1.807, 2.05) is 13.1 Å². The highest BCUT2D eigenvalue weighted by Gasteiger charge is 1.99. The smallest absolute Gasteiger partial charge is 0.0679 e.